The molecule has 0 radical (unpaired) electrons. The number of rotatable bonds is 2. The van der Waals surface area contributed by atoms with Crippen molar-refractivity contribution in [2.24, 2.45) is 0 Å². The summed E-state index contributed by atoms with van der Waals surface area (Å²) in [5.41, 5.74) is 4.87. The molecule has 0 unspecified atom stereocenters. The Labute approximate surface area is 107 Å². The molecule has 4 nitrogen and oxygen atoms in total. The highest BCUT2D eigenvalue weighted by molar-refractivity contribution is 5.46. The zero-order valence-electron chi connectivity index (χ0n) is 10.7. The Morgan fingerprint density at radius 2 is 2.28 bits per heavy atom. The first-order chi connectivity index (χ1) is 8.79. The lowest BCUT2D eigenvalue weighted by Gasteiger charge is -2.16. The summed E-state index contributed by atoms with van der Waals surface area (Å²) in [5, 5.41) is 3.34. The Balaban J connectivity index is 2.07. The van der Waals surface area contributed by atoms with Crippen LogP contribution in [0.2, 0.25) is 0 Å². The van der Waals surface area contributed by atoms with Gasteiger partial charge in [-0.15, -0.1) is 0 Å². The van der Waals surface area contributed by atoms with E-state index in [0.29, 0.717) is 0 Å². The third-order valence-electron chi connectivity index (χ3n) is 3.45. The summed E-state index contributed by atoms with van der Waals surface area (Å²) in [6.07, 6.45) is 2.95. The SMILES string of the molecule is COc1ccc(-n2cnc3c2CCNC3)c(C)c1. The maximum Gasteiger partial charge on any atom is 0.119 e. The zero-order chi connectivity index (χ0) is 12.5. The van der Waals surface area contributed by atoms with Crippen molar-refractivity contribution in [3.63, 3.8) is 0 Å². The second-order valence-corrected chi connectivity index (χ2v) is 4.59. The van der Waals surface area contributed by atoms with E-state index in [1.807, 2.05) is 12.4 Å². The molecular weight excluding hydrogens is 226 g/mol. The van der Waals surface area contributed by atoms with Gasteiger partial charge in [-0.3, -0.25) is 0 Å². The van der Waals surface area contributed by atoms with Gasteiger partial charge < -0.3 is 14.6 Å². The maximum atomic E-state index is 5.25. The molecule has 1 aliphatic rings. The monoisotopic (exact) mass is 243 g/mol. The zero-order valence-corrected chi connectivity index (χ0v) is 10.7. The van der Waals surface area contributed by atoms with E-state index in [9.17, 15) is 0 Å². The van der Waals surface area contributed by atoms with Gasteiger partial charge in [-0.1, -0.05) is 0 Å². The molecule has 1 aromatic heterocycles. The lowest BCUT2D eigenvalue weighted by molar-refractivity contribution is 0.414. The summed E-state index contributed by atoms with van der Waals surface area (Å²) in [4.78, 5) is 4.49. The average molecular weight is 243 g/mol. The molecule has 0 aliphatic carbocycles. The summed E-state index contributed by atoms with van der Waals surface area (Å²) < 4.78 is 7.44. The van der Waals surface area contributed by atoms with Gasteiger partial charge in [0.15, 0.2) is 0 Å². The minimum atomic E-state index is 0.873. The van der Waals surface area contributed by atoms with Crippen molar-refractivity contribution in [2.75, 3.05) is 13.7 Å². The van der Waals surface area contributed by atoms with Crippen LogP contribution in [0.5, 0.6) is 5.75 Å². The molecule has 0 fully saturated rings. The van der Waals surface area contributed by atoms with Crippen LogP contribution in [0, 0.1) is 6.92 Å². The van der Waals surface area contributed by atoms with Crippen molar-refractivity contribution in [1.82, 2.24) is 14.9 Å². The van der Waals surface area contributed by atoms with Gasteiger partial charge in [-0.25, -0.2) is 4.98 Å². The molecular formula is C14H17N3O. The topological polar surface area (TPSA) is 39.1 Å². The second-order valence-electron chi connectivity index (χ2n) is 4.59. The van der Waals surface area contributed by atoms with Crippen LogP contribution in [0.1, 0.15) is 17.0 Å². The smallest absolute Gasteiger partial charge is 0.119 e. The standard InChI is InChI=1S/C14H17N3O/c1-10-7-11(18-2)3-4-13(10)17-9-16-12-8-15-6-5-14(12)17/h3-4,7,9,15H,5-6,8H2,1-2H3. The Hall–Kier alpha value is -1.81. The predicted molar refractivity (Wildman–Crippen MR) is 70.3 cm³/mol. The Bertz CT molecular complexity index is 574. The van der Waals surface area contributed by atoms with Crippen LogP contribution in [0.3, 0.4) is 0 Å². The van der Waals surface area contributed by atoms with Crippen LogP contribution < -0.4 is 10.1 Å². The molecule has 0 atom stereocenters. The van der Waals surface area contributed by atoms with E-state index in [1.54, 1.807) is 7.11 Å². The molecule has 2 aromatic rings. The number of nitrogens with zero attached hydrogens (tertiary/aromatic N) is 2. The molecule has 1 N–H and O–H groups in total. The van der Waals surface area contributed by atoms with Crippen LogP contribution in [-0.4, -0.2) is 23.2 Å². The largest absolute Gasteiger partial charge is 0.497 e. The number of ether oxygens (including phenoxy) is 1. The fourth-order valence-electron chi connectivity index (χ4n) is 2.47. The molecule has 94 valence electrons. The number of nitrogens with one attached hydrogen (secondary N) is 1. The van der Waals surface area contributed by atoms with Crippen molar-refractivity contribution in [3.05, 3.63) is 41.5 Å². The Morgan fingerprint density at radius 1 is 1.39 bits per heavy atom. The van der Waals surface area contributed by atoms with E-state index >= 15 is 0 Å². The van der Waals surface area contributed by atoms with Gasteiger partial charge in [0.1, 0.15) is 5.75 Å². The van der Waals surface area contributed by atoms with Gasteiger partial charge >= 0.3 is 0 Å². The quantitative estimate of drug-likeness (QED) is 0.874. The van der Waals surface area contributed by atoms with Crippen LogP contribution in [0.15, 0.2) is 24.5 Å². The van der Waals surface area contributed by atoms with Crippen molar-refractivity contribution in [1.29, 1.82) is 0 Å². The molecule has 1 aliphatic heterocycles. The highest BCUT2D eigenvalue weighted by Crippen LogP contribution is 2.23. The fraction of sp³-hybridized carbons (Fsp3) is 0.357. The maximum absolute atomic E-state index is 5.25. The number of aryl methyl sites for hydroxylation is 1. The van der Waals surface area contributed by atoms with Crippen molar-refractivity contribution in [2.45, 2.75) is 19.9 Å². The number of imidazole rings is 1. The average Bonchev–Trinajstić information content (AvgIpc) is 2.82. The van der Waals surface area contributed by atoms with Crippen molar-refractivity contribution in [3.8, 4) is 11.4 Å². The van der Waals surface area contributed by atoms with E-state index in [-0.39, 0.29) is 0 Å². The summed E-state index contributed by atoms with van der Waals surface area (Å²) in [6.45, 7) is 4.00. The van der Waals surface area contributed by atoms with E-state index in [4.69, 9.17) is 4.74 Å². The van der Waals surface area contributed by atoms with Gasteiger partial charge in [-0.05, 0) is 30.7 Å². The molecule has 0 bridgehead atoms. The van der Waals surface area contributed by atoms with Gasteiger partial charge in [0, 0.05) is 30.9 Å². The second kappa shape index (κ2) is 4.46. The molecule has 4 heteroatoms. The minimum absolute atomic E-state index is 0.873. The number of benzene rings is 1. The number of hydrogen-bond donors (Lipinski definition) is 1. The van der Waals surface area contributed by atoms with Gasteiger partial charge in [0.05, 0.1) is 19.1 Å². The summed E-state index contributed by atoms with van der Waals surface area (Å²) in [5.74, 6) is 0.895. The van der Waals surface area contributed by atoms with Crippen molar-refractivity contribution < 1.29 is 4.74 Å². The van der Waals surface area contributed by atoms with E-state index in [1.165, 1.54) is 16.9 Å². The molecule has 0 amide bonds. The molecule has 0 spiro atoms. The third kappa shape index (κ3) is 1.78. The lowest BCUT2D eigenvalue weighted by atomic mass is 10.1. The van der Waals surface area contributed by atoms with E-state index in [0.717, 1.165) is 31.0 Å². The summed E-state index contributed by atoms with van der Waals surface area (Å²) in [7, 11) is 1.69. The summed E-state index contributed by atoms with van der Waals surface area (Å²) >= 11 is 0. The van der Waals surface area contributed by atoms with Crippen LogP contribution >= 0.6 is 0 Å². The highest BCUT2D eigenvalue weighted by Gasteiger charge is 2.16. The van der Waals surface area contributed by atoms with Gasteiger partial charge in [0.2, 0.25) is 0 Å². The molecule has 18 heavy (non-hydrogen) atoms. The number of methoxy groups -OCH3 is 1. The lowest BCUT2D eigenvalue weighted by Crippen LogP contribution is -2.24. The molecule has 0 saturated heterocycles. The number of fused-ring (bicyclic) bond motifs is 1. The first-order valence-electron chi connectivity index (χ1n) is 6.20. The van der Waals surface area contributed by atoms with Crippen molar-refractivity contribution >= 4 is 0 Å². The number of aromatic nitrogens is 2. The van der Waals surface area contributed by atoms with Crippen LogP contribution in [0.25, 0.3) is 5.69 Å². The normalized spacial score (nSPS) is 14.3. The van der Waals surface area contributed by atoms with Crippen LogP contribution in [0.4, 0.5) is 0 Å². The Morgan fingerprint density at radius 3 is 3.06 bits per heavy atom. The summed E-state index contributed by atoms with van der Waals surface area (Å²) in [6, 6.07) is 6.15. The molecule has 3 rings (SSSR count). The first kappa shape index (κ1) is 11.3. The Kier molecular flexibility index (Phi) is 2.80. The highest BCUT2D eigenvalue weighted by atomic mass is 16.5. The fourth-order valence-corrected chi connectivity index (χ4v) is 2.47. The van der Waals surface area contributed by atoms with E-state index < -0.39 is 0 Å². The van der Waals surface area contributed by atoms with Crippen LogP contribution in [-0.2, 0) is 13.0 Å². The first-order valence-corrected chi connectivity index (χ1v) is 6.20. The van der Waals surface area contributed by atoms with E-state index in [2.05, 4.69) is 33.9 Å². The van der Waals surface area contributed by atoms with Gasteiger partial charge in [-0.2, -0.15) is 0 Å². The third-order valence-corrected chi connectivity index (χ3v) is 3.45. The molecule has 0 saturated carbocycles. The molecule has 1 aromatic carbocycles. The minimum Gasteiger partial charge on any atom is -0.497 e. The number of hydrogen-bond acceptors (Lipinski definition) is 3. The molecule has 2 heterocycles. The predicted octanol–water partition coefficient (Wildman–Crippen LogP) is 1.84. The van der Waals surface area contributed by atoms with Gasteiger partial charge in [0.25, 0.3) is 0 Å².